The van der Waals surface area contributed by atoms with E-state index in [0.29, 0.717) is 11.4 Å². The summed E-state index contributed by atoms with van der Waals surface area (Å²) in [6, 6.07) is 20.6. The molecule has 0 radical (unpaired) electrons. The van der Waals surface area contributed by atoms with Gasteiger partial charge in [0.1, 0.15) is 17.1 Å². The van der Waals surface area contributed by atoms with Crippen LogP contribution in [-0.4, -0.2) is 28.5 Å². The largest absolute Gasteiger partial charge is 0.497 e. The summed E-state index contributed by atoms with van der Waals surface area (Å²) in [7, 11) is 1.60. The average molecular weight is 387 g/mol. The molecule has 0 saturated heterocycles. The molecule has 0 aliphatic rings. The predicted octanol–water partition coefficient (Wildman–Crippen LogP) is 4.42. The SMILES string of the molecule is COc1ccc(OC(C)C(=O)Nc2ccccc2-c2cn3ccccc3n2)cc1. The highest BCUT2D eigenvalue weighted by Crippen LogP contribution is 2.28. The maximum absolute atomic E-state index is 12.7. The molecule has 2 aromatic carbocycles. The molecule has 1 N–H and O–H groups in total. The van der Waals surface area contributed by atoms with Crippen molar-refractivity contribution in [2.75, 3.05) is 12.4 Å². The second-order valence-electron chi connectivity index (χ2n) is 6.56. The number of fused-ring (bicyclic) bond motifs is 1. The summed E-state index contributed by atoms with van der Waals surface area (Å²) < 4.78 is 12.8. The Bertz CT molecular complexity index is 1100. The van der Waals surface area contributed by atoms with E-state index < -0.39 is 6.10 Å². The highest BCUT2D eigenvalue weighted by molar-refractivity contribution is 5.97. The molecule has 0 bridgehead atoms. The molecule has 2 heterocycles. The number of imidazole rings is 1. The lowest BCUT2D eigenvalue weighted by Gasteiger charge is -2.16. The summed E-state index contributed by atoms with van der Waals surface area (Å²) >= 11 is 0. The molecule has 1 unspecified atom stereocenters. The van der Waals surface area contributed by atoms with Gasteiger partial charge >= 0.3 is 0 Å². The number of nitrogens with zero attached hydrogens (tertiary/aromatic N) is 2. The number of hydrogen-bond acceptors (Lipinski definition) is 4. The van der Waals surface area contributed by atoms with E-state index in [0.717, 1.165) is 22.7 Å². The summed E-state index contributed by atoms with van der Waals surface area (Å²) in [5.74, 6) is 1.09. The van der Waals surface area contributed by atoms with E-state index in [1.165, 1.54) is 0 Å². The Kier molecular flexibility index (Phi) is 5.16. The van der Waals surface area contributed by atoms with Crippen LogP contribution in [0, 0.1) is 0 Å². The minimum atomic E-state index is -0.669. The van der Waals surface area contributed by atoms with Gasteiger partial charge in [0.15, 0.2) is 6.10 Å². The standard InChI is InChI=1S/C23H21N3O3/c1-16(29-18-12-10-17(28-2)11-13-18)23(27)25-20-8-4-3-7-19(20)21-15-26-14-6-5-9-22(26)24-21/h3-16H,1-2H3,(H,25,27). The van der Waals surface area contributed by atoms with Crippen molar-refractivity contribution in [1.82, 2.24) is 9.38 Å². The van der Waals surface area contributed by atoms with E-state index in [2.05, 4.69) is 10.3 Å². The molecule has 0 aliphatic heterocycles. The zero-order valence-electron chi connectivity index (χ0n) is 16.2. The molecule has 4 aromatic rings. The molecule has 6 heteroatoms. The zero-order valence-corrected chi connectivity index (χ0v) is 16.2. The summed E-state index contributed by atoms with van der Waals surface area (Å²) in [6.07, 6.45) is 3.22. The van der Waals surface area contributed by atoms with Crippen molar-refractivity contribution in [1.29, 1.82) is 0 Å². The van der Waals surface area contributed by atoms with Gasteiger partial charge in [0, 0.05) is 18.0 Å². The molecule has 4 rings (SSSR count). The van der Waals surface area contributed by atoms with Crippen molar-refractivity contribution in [2.45, 2.75) is 13.0 Å². The third kappa shape index (κ3) is 4.06. The van der Waals surface area contributed by atoms with Gasteiger partial charge in [-0.05, 0) is 49.4 Å². The van der Waals surface area contributed by atoms with E-state index in [1.807, 2.05) is 59.3 Å². The van der Waals surface area contributed by atoms with Gasteiger partial charge in [-0.2, -0.15) is 0 Å². The zero-order chi connectivity index (χ0) is 20.2. The maximum atomic E-state index is 12.7. The number of benzene rings is 2. The van der Waals surface area contributed by atoms with Crippen LogP contribution in [0.25, 0.3) is 16.9 Å². The molecular weight excluding hydrogens is 366 g/mol. The first kappa shape index (κ1) is 18.6. The summed E-state index contributed by atoms with van der Waals surface area (Å²) in [6.45, 7) is 1.72. The Hall–Kier alpha value is -3.80. The third-order valence-electron chi connectivity index (χ3n) is 4.57. The lowest BCUT2D eigenvalue weighted by Crippen LogP contribution is -2.30. The second kappa shape index (κ2) is 8.06. The number of rotatable bonds is 6. The Morgan fingerprint density at radius 1 is 1.00 bits per heavy atom. The molecule has 146 valence electrons. The van der Waals surface area contributed by atoms with E-state index in [4.69, 9.17) is 9.47 Å². The Morgan fingerprint density at radius 2 is 1.72 bits per heavy atom. The monoisotopic (exact) mass is 387 g/mol. The fourth-order valence-electron chi connectivity index (χ4n) is 3.03. The number of carbonyl (C=O) groups excluding carboxylic acids is 1. The van der Waals surface area contributed by atoms with Crippen LogP contribution in [0.3, 0.4) is 0 Å². The Morgan fingerprint density at radius 3 is 2.48 bits per heavy atom. The normalized spacial score (nSPS) is 11.8. The summed E-state index contributed by atoms with van der Waals surface area (Å²) in [5, 5.41) is 2.96. The quantitative estimate of drug-likeness (QED) is 0.532. The molecule has 6 nitrogen and oxygen atoms in total. The molecule has 0 spiro atoms. The van der Waals surface area contributed by atoms with Gasteiger partial charge in [-0.3, -0.25) is 4.79 Å². The van der Waals surface area contributed by atoms with Crippen LogP contribution in [0.5, 0.6) is 11.5 Å². The average Bonchev–Trinajstić information content (AvgIpc) is 3.18. The van der Waals surface area contributed by atoms with E-state index in [1.54, 1.807) is 38.3 Å². The van der Waals surface area contributed by atoms with Crippen molar-refractivity contribution in [3.05, 3.63) is 79.1 Å². The van der Waals surface area contributed by atoms with Crippen molar-refractivity contribution >= 4 is 17.2 Å². The lowest BCUT2D eigenvalue weighted by atomic mass is 10.1. The molecule has 0 saturated carbocycles. The second-order valence-corrected chi connectivity index (χ2v) is 6.56. The number of aromatic nitrogens is 2. The smallest absolute Gasteiger partial charge is 0.265 e. The van der Waals surface area contributed by atoms with Gasteiger partial charge in [-0.15, -0.1) is 0 Å². The van der Waals surface area contributed by atoms with Crippen LogP contribution in [0.15, 0.2) is 79.1 Å². The molecule has 2 aromatic heterocycles. The number of ether oxygens (including phenoxy) is 2. The predicted molar refractivity (Wildman–Crippen MR) is 112 cm³/mol. The van der Waals surface area contributed by atoms with Crippen LogP contribution in [0.2, 0.25) is 0 Å². The van der Waals surface area contributed by atoms with Crippen molar-refractivity contribution in [3.63, 3.8) is 0 Å². The van der Waals surface area contributed by atoms with Gasteiger partial charge in [-0.25, -0.2) is 4.98 Å². The highest BCUT2D eigenvalue weighted by atomic mass is 16.5. The van der Waals surface area contributed by atoms with Gasteiger partial charge in [0.05, 0.1) is 18.5 Å². The van der Waals surface area contributed by atoms with Crippen LogP contribution in [0.4, 0.5) is 5.69 Å². The third-order valence-corrected chi connectivity index (χ3v) is 4.57. The highest BCUT2D eigenvalue weighted by Gasteiger charge is 2.17. The maximum Gasteiger partial charge on any atom is 0.265 e. The first-order valence-electron chi connectivity index (χ1n) is 9.29. The van der Waals surface area contributed by atoms with Crippen molar-refractivity contribution < 1.29 is 14.3 Å². The molecular formula is C23H21N3O3. The Labute approximate surface area is 168 Å². The number of methoxy groups -OCH3 is 1. The molecule has 1 amide bonds. The molecule has 0 aliphatic carbocycles. The van der Waals surface area contributed by atoms with Gasteiger partial charge in [0.2, 0.25) is 0 Å². The van der Waals surface area contributed by atoms with Crippen molar-refractivity contribution in [2.24, 2.45) is 0 Å². The van der Waals surface area contributed by atoms with Crippen molar-refractivity contribution in [3.8, 4) is 22.8 Å². The van der Waals surface area contributed by atoms with Gasteiger partial charge in [-0.1, -0.05) is 24.3 Å². The number of hydrogen-bond donors (Lipinski definition) is 1. The molecule has 0 fully saturated rings. The van der Waals surface area contributed by atoms with Crippen LogP contribution in [0.1, 0.15) is 6.92 Å². The fraction of sp³-hybridized carbons (Fsp3) is 0.130. The fourth-order valence-corrected chi connectivity index (χ4v) is 3.03. The van der Waals surface area contributed by atoms with E-state index in [9.17, 15) is 4.79 Å². The number of nitrogens with one attached hydrogen (secondary N) is 1. The molecule has 29 heavy (non-hydrogen) atoms. The topological polar surface area (TPSA) is 64.9 Å². The van der Waals surface area contributed by atoms with Crippen LogP contribution >= 0.6 is 0 Å². The minimum absolute atomic E-state index is 0.239. The number of pyridine rings is 1. The number of para-hydroxylation sites is 1. The first-order valence-corrected chi connectivity index (χ1v) is 9.29. The Balaban J connectivity index is 1.52. The lowest BCUT2D eigenvalue weighted by molar-refractivity contribution is -0.122. The summed E-state index contributed by atoms with van der Waals surface area (Å²) in [4.78, 5) is 17.4. The van der Waals surface area contributed by atoms with Crippen LogP contribution < -0.4 is 14.8 Å². The number of anilines is 1. The number of amides is 1. The first-order chi connectivity index (χ1) is 14.1. The van der Waals surface area contributed by atoms with Gasteiger partial charge in [0.25, 0.3) is 5.91 Å². The number of carbonyl (C=O) groups is 1. The molecule has 1 atom stereocenters. The van der Waals surface area contributed by atoms with E-state index >= 15 is 0 Å². The summed E-state index contributed by atoms with van der Waals surface area (Å²) in [5.41, 5.74) is 3.17. The van der Waals surface area contributed by atoms with Crippen LogP contribution in [-0.2, 0) is 4.79 Å². The minimum Gasteiger partial charge on any atom is -0.497 e. The van der Waals surface area contributed by atoms with Gasteiger partial charge < -0.3 is 19.2 Å². The van der Waals surface area contributed by atoms with E-state index in [-0.39, 0.29) is 5.91 Å².